The maximum atomic E-state index is 14.6. The molecule has 1 fully saturated rings. The zero-order chi connectivity index (χ0) is 52.7. The quantitative estimate of drug-likeness (QED) is 0.0673. The summed E-state index contributed by atoms with van der Waals surface area (Å²) in [6.45, 7) is 17.9. The van der Waals surface area contributed by atoms with E-state index in [1.165, 1.54) is 0 Å². The highest BCUT2D eigenvalue weighted by Crippen LogP contribution is 2.31. The molecule has 1 saturated heterocycles. The number of nitrogens with two attached hydrogens (primary N) is 1. The minimum absolute atomic E-state index is 0.00165. The van der Waals surface area contributed by atoms with Crippen molar-refractivity contribution in [2.45, 2.75) is 123 Å². The summed E-state index contributed by atoms with van der Waals surface area (Å²) in [6.07, 6.45) is 1.35. The fraction of sp³-hybridized carbons (Fsp3) is 0.667. The van der Waals surface area contributed by atoms with E-state index < -0.39 is 42.2 Å². The molecule has 1 aliphatic heterocycles. The van der Waals surface area contributed by atoms with E-state index >= 15 is 0 Å². The Morgan fingerprint density at radius 2 is 1.39 bits per heavy atom. The van der Waals surface area contributed by atoms with Gasteiger partial charge in [0.1, 0.15) is 6.04 Å². The molecule has 18 heteroatoms. The molecule has 3 aromatic rings. The number of benzene rings is 2. The number of likely N-dealkylation sites (tertiary alicyclic amines) is 1. The zero-order valence-electron chi connectivity index (χ0n) is 44.9. The number of likely N-dealkylation sites (N-methyl/N-ethyl adjacent to an activating group) is 2. The Balaban J connectivity index is 1.44. The first-order chi connectivity index (χ1) is 34.6. The number of rotatable bonds is 33. The minimum atomic E-state index is -0.720. The Kier molecular flexibility index (Phi) is 25.9. The molecule has 18 nitrogen and oxygen atoms in total. The summed E-state index contributed by atoms with van der Waals surface area (Å²) >= 11 is 0. The van der Waals surface area contributed by atoms with Crippen LogP contribution in [0.15, 0.2) is 65.1 Å². The SMILES string of the molecule is CC[C@H](C)[C@@H]([C@@H](CC(=O)N1CCC[C@H]1[C@H](OC)[C@@H](C)C(=O)N[C@@H](Cc1ccccc1)c1nnc(-c2ccccc2)o1)OC)N(C)[C@H](C(=O)NC(=O)[C@H](C(C)C)N(C)CCOCCOCCOCCN)C(C)C. The van der Waals surface area contributed by atoms with Crippen LogP contribution in [0.1, 0.15) is 91.6 Å². The fourth-order valence-electron chi connectivity index (χ4n) is 10.0. The average Bonchev–Trinajstić information content (AvgIpc) is 4.06. The van der Waals surface area contributed by atoms with Crippen LogP contribution in [0.4, 0.5) is 0 Å². The van der Waals surface area contributed by atoms with Gasteiger partial charge in [0.25, 0.3) is 0 Å². The van der Waals surface area contributed by atoms with E-state index in [1.54, 1.807) is 14.2 Å². The summed E-state index contributed by atoms with van der Waals surface area (Å²) in [5, 5.41) is 14.6. The summed E-state index contributed by atoms with van der Waals surface area (Å²) in [7, 11) is 6.90. The van der Waals surface area contributed by atoms with Crippen LogP contribution in [-0.4, -0.2) is 172 Å². The van der Waals surface area contributed by atoms with Crippen LogP contribution in [0.25, 0.3) is 11.5 Å². The Bertz CT molecular complexity index is 2040. The van der Waals surface area contributed by atoms with Gasteiger partial charge >= 0.3 is 0 Å². The maximum absolute atomic E-state index is 14.6. The third kappa shape index (κ3) is 17.5. The van der Waals surface area contributed by atoms with Crippen molar-refractivity contribution < 1.29 is 47.3 Å². The summed E-state index contributed by atoms with van der Waals surface area (Å²) in [5.74, 6) is -1.53. The molecule has 402 valence electrons. The standard InChI is InChI=1S/C54H86N8O10/c1-12-38(6)48(61(9)47(37(4)5)52(66)57-51(65)46(36(2)3)60(8)27-29-70-31-33-71-32-30-69-28-25-55)44(67-10)35-45(63)62-26-19-24-43(62)49(68-11)39(7)50(64)56-42(34-40-20-15-13-16-21-40)54-59-58-53(72-54)41-22-17-14-18-23-41/h13-18,20-23,36-39,42-44,46-49H,12,19,24-35,55H2,1-11H3,(H,56,64)(H,57,65,66)/t38-,39+,42-,43-,44+,46-,47-,48-,49+/m0/s1. The van der Waals surface area contributed by atoms with Crippen LogP contribution in [0.2, 0.25) is 0 Å². The molecule has 72 heavy (non-hydrogen) atoms. The third-order valence-electron chi connectivity index (χ3n) is 13.8. The Morgan fingerprint density at radius 3 is 1.97 bits per heavy atom. The first-order valence-electron chi connectivity index (χ1n) is 25.9. The van der Waals surface area contributed by atoms with Crippen LogP contribution >= 0.6 is 0 Å². The van der Waals surface area contributed by atoms with Crippen molar-refractivity contribution in [3.8, 4) is 11.5 Å². The summed E-state index contributed by atoms with van der Waals surface area (Å²) < 4.78 is 35.1. The van der Waals surface area contributed by atoms with E-state index in [0.717, 1.165) is 24.0 Å². The topological polar surface area (TPSA) is 213 Å². The highest BCUT2D eigenvalue weighted by atomic mass is 16.5. The lowest BCUT2D eigenvalue weighted by Gasteiger charge is -2.43. The first-order valence-corrected chi connectivity index (χ1v) is 25.9. The van der Waals surface area contributed by atoms with Gasteiger partial charge in [0.15, 0.2) is 0 Å². The van der Waals surface area contributed by atoms with Gasteiger partial charge < -0.3 is 44.1 Å². The molecule has 0 bridgehead atoms. The molecule has 4 rings (SSSR count). The fourth-order valence-corrected chi connectivity index (χ4v) is 10.0. The van der Waals surface area contributed by atoms with Gasteiger partial charge in [-0.3, -0.25) is 34.3 Å². The predicted molar refractivity (Wildman–Crippen MR) is 276 cm³/mol. The molecular formula is C54H86N8O10. The van der Waals surface area contributed by atoms with E-state index in [4.69, 9.17) is 33.8 Å². The summed E-state index contributed by atoms with van der Waals surface area (Å²) in [5.41, 5.74) is 7.19. The number of imide groups is 1. The van der Waals surface area contributed by atoms with Crippen LogP contribution in [0.5, 0.6) is 0 Å². The van der Waals surface area contributed by atoms with Crippen molar-refractivity contribution in [1.29, 1.82) is 0 Å². The molecule has 0 spiro atoms. The van der Waals surface area contributed by atoms with Gasteiger partial charge in [0.05, 0.1) is 82.3 Å². The van der Waals surface area contributed by atoms with E-state index in [0.29, 0.717) is 78.0 Å². The van der Waals surface area contributed by atoms with Crippen molar-refractivity contribution in [2.24, 2.45) is 29.4 Å². The Hall–Kier alpha value is -4.66. The highest BCUT2D eigenvalue weighted by Gasteiger charge is 2.44. The number of hydrogen-bond acceptors (Lipinski definition) is 15. The molecule has 4 N–H and O–H groups in total. The summed E-state index contributed by atoms with van der Waals surface area (Å²) in [4.78, 5) is 62.9. The minimum Gasteiger partial charge on any atom is -0.418 e. The van der Waals surface area contributed by atoms with Gasteiger partial charge in [-0.1, -0.05) is 103 Å². The van der Waals surface area contributed by atoms with Crippen molar-refractivity contribution >= 4 is 23.6 Å². The summed E-state index contributed by atoms with van der Waals surface area (Å²) in [6, 6.07) is 16.6. The molecule has 0 radical (unpaired) electrons. The Labute approximate surface area is 428 Å². The van der Waals surface area contributed by atoms with E-state index in [1.807, 2.05) is 124 Å². The van der Waals surface area contributed by atoms with Gasteiger partial charge in [-0.05, 0) is 62.4 Å². The largest absolute Gasteiger partial charge is 0.418 e. The van der Waals surface area contributed by atoms with Crippen LogP contribution in [0.3, 0.4) is 0 Å². The second-order valence-electron chi connectivity index (χ2n) is 19.7. The molecule has 0 saturated carbocycles. The number of methoxy groups -OCH3 is 2. The molecule has 9 atom stereocenters. The van der Waals surface area contributed by atoms with E-state index in [-0.39, 0.29) is 59.9 Å². The van der Waals surface area contributed by atoms with E-state index in [2.05, 4.69) is 34.7 Å². The number of ether oxygens (including phenoxy) is 5. The highest BCUT2D eigenvalue weighted by molar-refractivity contribution is 6.00. The van der Waals surface area contributed by atoms with Crippen LogP contribution < -0.4 is 16.4 Å². The monoisotopic (exact) mass is 1010 g/mol. The molecule has 0 aliphatic carbocycles. The molecule has 1 aliphatic rings. The van der Waals surface area contributed by atoms with Gasteiger partial charge in [-0.2, -0.15) is 0 Å². The van der Waals surface area contributed by atoms with Crippen LogP contribution in [-0.2, 0) is 49.3 Å². The number of nitrogens with one attached hydrogen (secondary N) is 2. The van der Waals surface area contributed by atoms with E-state index in [9.17, 15) is 19.2 Å². The number of amides is 4. The molecule has 4 amide bonds. The maximum Gasteiger partial charge on any atom is 0.247 e. The number of carbonyl (C=O) groups is 4. The zero-order valence-corrected chi connectivity index (χ0v) is 44.9. The van der Waals surface area contributed by atoms with Gasteiger partial charge in [-0.15, -0.1) is 10.2 Å². The lowest BCUT2D eigenvalue weighted by Crippen LogP contribution is -2.60. The van der Waals surface area contributed by atoms with Crippen molar-refractivity contribution in [3.63, 3.8) is 0 Å². The normalized spacial score (nSPS) is 17.4. The number of aromatic nitrogens is 2. The van der Waals surface area contributed by atoms with Crippen molar-refractivity contribution in [3.05, 3.63) is 72.1 Å². The lowest BCUT2D eigenvalue weighted by molar-refractivity contribution is -0.144. The van der Waals surface area contributed by atoms with Crippen molar-refractivity contribution in [2.75, 3.05) is 87.6 Å². The Morgan fingerprint density at radius 1 is 0.792 bits per heavy atom. The number of carbonyl (C=O) groups excluding carboxylic acids is 4. The van der Waals surface area contributed by atoms with Gasteiger partial charge in [0.2, 0.25) is 35.4 Å². The second kappa shape index (κ2) is 31.2. The number of hydrogen-bond donors (Lipinski definition) is 3. The molecule has 0 unspecified atom stereocenters. The van der Waals surface area contributed by atoms with Gasteiger partial charge in [-0.25, -0.2) is 0 Å². The van der Waals surface area contributed by atoms with Crippen molar-refractivity contribution in [1.82, 2.24) is 35.5 Å². The van der Waals surface area contributed by atoms with Gasteiger partial charge in [0, 0.05) is 51.9 Å². The molecule has 2 heterocycles. The molecular weight excluding hydrogens is 921 g/mol. The lowest BCUT2D eigenvalue weighted by atomic mass is 9.87. The third-order valence-corrected chi connectivity index (χ3v) is 13.8. The molecule has 2 aromatic carbocycles. The second-order valence-corrected chi connectivity index (χ2v) is 19.7. The van der Waals surface area contributed by atoms with Crippen LogP contribution in [0, 0.1) is 23.7 Å². The number of nitrogens with zero attached hydrogens (tertiary/aromatic N) is 5. The average molecular weight is 1010 g/mol. The smallest absolute Gasteiger partial charge is 0.247 e. The predicted octanol–water partition coefficient (Wildman–Crippen LogP) is 5.16. The first kappa shape index (κ1) is 59.9. The molecule has 1 aromatic heterocycles.